The minimum Gasteiger partial charge on any atom is -0.379 e. The number of pyridine rings is 1. The molecule has 1 aromatic heterocycles. The Kier molecular flexibility index (Phi) is 9.38. The van der Waals surface area contributed by atoms with Crippen LogP contribution in [0.4, 0.5) is 10.2 Å². The number of aromatic nitrogens is 1. The molecule has 0 radical (unpaired) electrons. The largest absolute Gasteiger partial charge is 0.379 e. The molecule has 0 amide bonds. The van der Waals surface area contributed by atoms with Crippen LogP contribution in [-0.2, 0) is 38.5 Å². The van der Waals surface area contributed by atoms with Gasteiger partial charge in [0, 0.05) is 44.1 Å². The third-order valence-corrected chi connectivity index (χ3v) is 7.86. The smallest absolute Gasteiger partial charge is 0.151 e. The summed E-state index contributed by atoms with van der Waals surface area (Å²) < 4.78 is 32.4. The molecule has 7 nitrogen and oxygen atoms in total. The van der Waals surface area contributed by atoms with Gasteiger partial charge in [-0.05, 0) is 75.1 Å². The summed E-state index contributed by atoms with van der Waals surface area (Å²) in [5.41, 5.74) is 3.61. The van der Waals surface area contributed by atoms with E-state index in [4.69, 9.17) is 19.2 Å². The average Bonchev–Trinajstić information content (AvgIpc) is 3.61. The first kappa shape index (κ1) is 27.2. The normalized spacial score (nSPS) is 22.3. The van der Waals surface area contributed by atoms with Crippen LogP contribution in [0.5, 0.6) is 0 Å². The van der Waals surface area contributed by atoms with Gasteiger partial charge in [-0.25, -0.2) is 9.37 Å². The molecule has 3 aliphatic rings. The van der Waals surface area contributed by atoms with Gasteiger partial charge in [0.15, 0.2) is 5.78 Å². The van der Waals surface area contributed by atoms with Crippen molar-refractivity contribution >= 4 is 11.6 Å². The van der Waals surface area contributed by atoms with Gasteiger partial charge in [-0.15, -0.1) is 0 Å². The SMILES string of the molecule is CC(=O)C(c1cccc(F)c1CO[C@@H]1CCOC1)N1CC[C@@H](OCCCCc2ccc3c(n2)NCCC3)C1. The predicted molar refractivity (Wildman–Crippen MR) is 144 cm³/mol. The number of likely N-dealkylation sites (tertiary alicyclic amines) is 1. The molecule has 4 heterocycles. The number of rotatable bonds is 12. The van der Waals surface area contributed by atoms with Gasteiger partial charge < -0.3 is 19.5 Å². The molecule has 5 rings (SSSR count). The van der Waals surface area contributed by atoms with E-state index in [-0.39, 0.29) is 30.4 Å². The van der Waals surface area contributed by atoms with Crippen LogP contribution in [-0.4, -0.2) is 67.3 Å². The number of halogens is 1. The summed E-state index contributed by atoms with van der Waals surface area (Å²) in [5, 5.41) is 3.40. The Morgan fingerprint density at radius 2 is 2.13 bits per heavy atom. The van der Waals surface area contributed by atoms with E-state index in [0.717, 1.165) is 63.1 Å². The van der Waals surface area contributed by atoms with Crippen LogP contribution in [0.15, 0.2) is 30.3 Å². The van der Waals surface area contributed by atoms with Crippen molar-refractivity contribution in [3.8, 4) is 0 Å². The minimum atomic E-state index is -0.499. The maximum Gasteiger partial charge on any atom is 0.151 e. The number of nitrogens with zero attached hydrogens (tertiary/aromatic N) is 2. The Labute approximate surface area is 225 Å². The number of nitrogens with one attached hydrogen (secondary N) is 1. The molecule has 38 heavy (non-hydrogen) atoms. The molecule has 0 spiro atoms. The van der Waals surface area contributed by atoms with Crippen molar-refractivity contribution in [2.24, 2.45) is 0 Å². The van der Waals surface area contributed by atoms with Gasteiger partial charge in [0.1, 0.15) is 11.6 Å². The number of ketones is 1. The molecule has 8 heteroatoms. The molecule has 2 saturated heterocycles. The summed E-state index contributed by atoms with van der Waals surface area (Å²) in [5.74, 6) is 0.731. The summed E-state index contributed by atoms with van der Waals surface area (Å²) in [6.45, 7) is 6.03. The van der Waals surface area contributed by atoms with E-state index in [1.54, 1.807) is 13.0 Å². The molecule has 2 aromatic rings. The zero-order chi connectivity index (χ0) is 26.3. The highest BCUT2D eigenvalue weighted by Crippen LogP contribution is 2.31. The lowest BCUT2D eigenvalue weighted by Crippen LogP contribution is -2.33. The zero-order valence-electron chi connectivity index (χ0n) is 22.4. The van der Waals surface area contributed by atoms with Crippen molar-refractivity contribution in [3.05, 3.63) is 58.5 Å². The number of aryl methyl sites for hydroxylation is 2. The molecule has 3 aliphatic heterocycles. The molecule has 1 unspecified atom stereocenters. The van der Waals surface area contributed by atoms with Crippen LogP contribution in [0.25, 0.3) is 0 Å². The predicted octanol–water partition coefficient (Wildman–Crippen LogP) is 4.63. The lowest BCUT2D eigenvalue weighted by molar-refractivity contribution is -0.122. The summed E-state index contributed by atoms with van der Waals surface area (Å²) >= 11 is 0. The minimum absolute atomic E-state index is 0.00809. The third kappa shape index (κ3) is 6.78. The number of hydrogen-bond acceptors (Lipinski definition) is 7. The fourth-order valence-electron chi connectivity index (χ4n) is 5.79. The molecular weight excluding hydrogens is 485 g/mol. The fraction of sp³-hybridized carbons (Fsp3) is 0.600. The summed E-state index contributed by atoms with van der Waals surface area (Å²) in [7, 11) is 0. The van der Waals surface area contributed by atoms with Crippen molar-refractivity contribution in [1.82, 2.24) is 9.88 Å². The van der Waals surface area contributed by atoms with Crippen LogP contribution in [0.2, 0.25) is 0 Å². The van der Waals surface area contributed by atoms with E-state index in [2.05, 4.69) is 22.3 Å². The number of carbonyl (C=O) groups is 1. The molecule has 1 N–H and O–H groups in total. The van der Waals surface area contributed by atoms with Gasteiger partial charge in [0.2, 0.25) is 0 Å². The van der Waals surface area contributed by atoms with E-state index in [1.165, 1.54) is 18.1 Å². The first-order valence-electron chi connectivity index (χ1n) is 14.1. The Morgan fingerprint density at radius 3 is 2.97 bits per heavy atom. The summed E-state index contributed by atoms with van der Waals surface area (Å²) in [4.78, 5) is 19.7. The van der Waals surface area contributed by atoms with E-state index >= 15 is 0 Å². The zero-order valence-corrected chi connectivity index (χ0v) is 22.4. The highest BCUT2D eigenvalue weighted by molar-refractivity contribution is 5.83. The molecule has 0 saturated carbocycles. The van der Waals surface area contributed by atoms with Gasteiger partial charge in [-0.1, -0.05) is 18.2 Å². The van der Waals surface area contributed by atoms with Crippen LogP contribution < -0.4 is 5.32 Å². The maximum absolute atomic E-state index is 14.9. The topological polar surface area (TPSA) is 72.9 Å². The van der Waals surface area contributed by atoms with Crippen LogP contribution in [0, 0.1) is 5.82 Å². The van der Waals surface area contributed by atoms with Crippen LogP contribution >= 0.6 is 0 Å². The quantitative estimate of drug-likeness (QED) is 0.405. The van der Waals surface area contributed by atoms with Gasteiger partial charge >= 0.3 is 0 Å². The number of benzene rings is 1. The van der Waals surface area contributed by atoms with Crippen molar-refractivity contribution in [2.45, 2.75) is 76.7 Å². The Bertz CT molecular complexity index is 1090. The van der Waals surface area contributed by atoms with Crippen LogP contribution in [0.3, 0.4) is 0 Å². The van der Waals surface area contributed by atoms with Crippen molar-refractivity contribution < 1.29 is 23.4 Å². The van der Waals surface area contributed by atoms with Crippen molar-refractivity contribution in [3.63, 3.8) is 0 Å². The van der Waals surface area contributed by atoms with E-state index < -0.39 is 6.04 Å². The number of ether oxygens (including phenoxy) is 3. The summed E-state index contributed by atoms with van der Waals surface area (Å²) in [6, 6.07) is 8.84. The lowest BCUT2D eigenvalue weighted by Gasteiger charge is -2.28. The van der Waals surface area contributed by atoms with E-state index in [0.29, 0.717) is 37.5 Å². The molecule has 206 valence electrons. The van der Waals surface area contributed by atoms with Crippen LogP contribution in [0.1, 0.15) is 67.5 Å². The molecule has 0 bridgehead atoms. The number of Topliss-reactive ketones (excluding diaryl/α,β-unsaturated/α-hetero) is 1. The molecule has 2 fully saturated rings. The highest BCUT2D eigenvalue weighted by atomic mass is 19.1. The maximum atomic E-state index is 14.9. The van der Waals surface area contributed by atoms with Gasteiger partial charge in [-0.2, -0.15) is 0 Å². The lowest BCUT2D eigenvalue weighted by atomic mass is 9.96. The Morgan fingerprint density at radius 1 is 1.21 bits per heavy atom. The fourth-order valence-corrected chi connectivity index (χ4v) is 5.79. The van der Waals surface area contributed by atoms with Gasteiger partial charge in [0.05, 0.1) is 31.5 Å². The Hall–Kier alpha value is -2.39. The standard InChI is InChI=1S/C30H40FN3O4/c1-21(35)29(26-8-4-9-28(31)27(26)20-38-25-13-17-36-19-25)34-15-12-24(18-34)37-16-3-2-7-23-11-10-22-6-5-14-32-30(22)33-23/h4,8-11,24-25,29H,2-3,5-7,12-20H2,1H3,(H,32,33)/t24-,25-,29?/m1/s1. The third-order valence-electron chi connectivity index (χ3n) is 7.86. The Balaban J connectivity index is 1.11. The van der Waals surface area contributed by atoms with Crippen molar-refractivity contribution in [2.75, 3.05) is 44.8 Å². The summed E-state index contributed by atoms with van der Waals surface area (Å²) in [6.07, 6.45) is 6.94. The molecule has 1 aromatic carbocycles. The van der Waals surface area contributed by atoms with E-state index in [1.807, 2.05) is 6.07 Å². The van der Waals surface area contributed by atoms with Gasteiger partial charge in [-0.3, -0.25) is 9.69 Å². The molecular formula is C30H40FN3O4. The number of unbranched alkanes of at least 4 members (excludes halogenated alkanes) is 1. The number of hydrogen-bond donors (Lipinski definition) is 1. The first-order chi connectivity index (χ1) is 18.6. The number of anilines is 1. The molecule has 0 aliphatic carbocycles. The average molecular weight is 526 g/mol. The monoisotopic (exact) mass is 525 g/mol. The second-order valence-corrected chi connectivity index (χ2v) is 10.7. The van der Waals surface area contributed by atoms with Gasteiger partial charge in [0.25, 0.3) is 0 Å². The first-order valence-corrected chi connectivity index (χ1v) is 14.1. The second kappa shape index (κ2) is 13.1. The number of carbonyl (C=O) groups excluding carboxylic acids is 1. The van der Waals surface area contributed by atoms with Crippen molar-refractivity contribution in [1.29, 1.82) is 0 Å². The highest BCUT2D eigenvalue weighted by Gasteiger charge is 2.34. The number of fused-ring (bicyclic) bond motifs is 1. The molecule has 3 atom stereocenters. The second-order valence-electron chi connectivity index (χ2n) is 10.7. The van der Waals surface area contributed by atoms with E-state index in [9.17, 15) is 9.18 Å².